The van der Waals surface area contributed by atoms with E-state index in [0.717, 1.165) is 0 Å². The number of rotatable bonds is 1. The number of carbonyl (C=O) groups is 1. The molecule has 2 nitrogen and oxygen atoms in total. The van der Waals surface area contributed by atoms with E-state index in [9.17, 15) is 4.79 Å². The average molecular weight is 108 g/mol. The number of hydrogen-bond donors (Lipinski definition) is 1. The highest BCUT2D eigenvalue weighted by atomic mass is 35.5. The van der Waals surface area contributed by atoms with Crippen LogP contribution in [0.4, 0.5) is 0 Å². The maximum absolute atomic E-state index is 9.79. The van der Waals surface area contributed by atoms with E-state index >= 15 is 0 Å². The molecule has 0 fully saturated rings. The number of nitrogens with two attached hydrogens (primary N) is 1. The smallest absolute Gasteiger partial charge is 0.235 e. The molecule has 1 unspecified atom stereocenters. The summed E-state index contributed by atoms with van der Waals surface area (Å²) in [7, 11) is 0. The summed E-state index contributed by atoms with van der Waals surface area (Å²) in [6.07, 6.45) is 0. The summed E-state index contributed by atoms with van der Waals surface area (Å²) in [6.45, 7) is 1.53. The van der Waals surface area contributed by atoms with Crippen molar-refractivity contribution in [3.63, 3.8) is 0 Å². The number of amides is 1. The maximum Gasteiger partial charge on any atom is 0.235 e. The first kappa shape index (κ1) is 5.76. The van der Waals surface area contributed by atoms with Crippen LogP contribution in [0.1, 0.15) is 6.92 Å². The summed E-state index contributed by atoms with van der Waals surface area (Å²) in [4.78, 5) is 9.79. The molecule has 0 aliphatic rings. The minimum atomic E-state index is -0.537. The summed E-state index contributed by atoms with van der Waals surface area (Å²) in [5.41, 5.74) is 4.66. The second kappa shape index (κ2) is 2.03. The maximum atomic E-state index is 9.79. The van der Waals surface area contributed by atoms with Crippen molar-refractivity contribution in [2.45, 2.75) is 12.3 Å². The van der Waals surface area contributed by atoms with Crippen molar-refractivity contribution in [3.8, 4) is 0 Å². The van der Waals surface area contributed by atoms with Crippen LogP contribution in [-0.4, -0.2) is 11.3 Å². The monoisotopic (exact) mass is 107 g/mol. The molecule has 1 amide bonds. The third-order valence-electron chi connectivity index (χ3n) is 0.392. The van der Waals surface area contributed by atoms with Gasteiger partial charge in [-0.15, -0.1) is 11.6 Å². The molecule has 6 heavy (non-hydrogen) atoms. The number of hydrogen-bond acceptors (Lipinski definition) is 1. The Morgan fingerprint density at radius 1 is 2.00 bits per heavy atom. The van der Waals surface area contributed by atoms with E-state index in [-0.39, 0.29) is 0 Å². The van der Waals surface area contributed by atoms with Crippen LogP contribution in [0.2, 0.25) is 0 Å². The molecule has 0 aromatic rings. The minimum absolute atomic E-state index is 0.475. The molecule has 0 aromatic heterocycles. The average Bonchev–Trinajstić information content (AvgIpc) is 1.36. The molecule has 0 saturated heterocycles. The van der Waals surface area contributed by atoms with Crippen molar-refractivity contribution in [2.24, 2.45) is 5.73 Å². The Morgan fingerprint density at radius 2 is 2.17 bits per heavy atom. The van der Waals surface area contributed by atoms with Crippen LogP contribution < -0.4 is 5.73 Å². The SMILES string of the molecule is CC(Cl)C(N)=O. The molecule has 0 rings (SSSR count). The molecule has 0 saturated carbocycles. The first-order chi connectivity index (χ1) is 2.64. The van der Waals surface area contributed by atoms with Gasteiger partial charge in [0.1, 0.15) is 5.38 Å². The minimum Gasteiger partial charge on any atom is -0.368 e. The molecule has 2 N–H and O–H groups in total. The summed E-state index contributed by atoms with van der Waals surface area (Å²) in [5, 5.41) is -0.537. The van der Waals surface area contributed by atoms with E-state index in [1.165, 1.54) is 6.92 Å². The van der Waals surface area contributed by atoms with E-state index in [2.05, 4.69) is 5.73 Å². The Hall–Kier alpha value is -0.240. The van der Waals surface area contributed by atoms with E-state index in [1.54, 1.807) is 0 Å². The quantitative estimate of drug-likeness (QED) is 0.475. The molecule has 0 aliphatic carbocycles. The topological polar surface area (TPSA) is 43.1 Å². The number of halogens is 1. The van der Waals surface area contributed by atoms with Crippen LogP contribution in [0.15, 0.2) is 0 Å². The number of primary amides is 1. The molecule has 0 aromatic carbocycles. The van der Waals surface area contributed by atoms with Gasteiger partial charge in [0.2, 0.25) is 5.91 Å². The van der Waals surface area contributed by atoms with Gasteiger partial charge in [-0.25, -0.2) is 0 Å². The third-order valence-corrected chi connectivity index (χ3v) is 0.607. The second-order valence-electron chi connectivity index (χ2n) is 1.02. The van der Waals surface area contributed by atoms with E-state index in [0.29, 0.717) is 0 Å². The number of alkyl halides is 1. The highest BCUT2D eigenvalue weighted by Crippen LogP contribution is 1.87. The van der Waals surface area contributed by atoms with Gasteiger partial charge in [0.25, 0.3) is 0 Å². The van der Waals surface area contributed by atoms with Gasteiger partial charge in [0.15, 0.2) is 0 Å². The fourth-order valence-electron chi connectivity index (χ4n) is 0. The predicted molar refractivity (Wildman–Crippen MR) is 24.5 cm³/mol. The summed E-state index contributed by atoms with van der Waals surface area (Å²) in [5.74, 6) is -0.475. The highest BCUT2D eigenvalue weighted by molar-refractivity contribution is 6.30. The Morgan fingerprint density at radius 3 is 2.17 bits per heavy atom. The van der Waals surface area contributed by atoms with E-state index < -0.39 is 11.3 Å². The Kier molecular flexibility index (Phi) is 1.95. The fourth-order valence-corrected chi connectivity index (χ4v) is 0. The van der Waals surface area contributed by atoms with Crippen LogP contribution in [-0.2, 0) is 4.79 Å². The summed E-state index contributed by atoms with van der Waals surface area (Å²) in [6, 6.07) is 0. The predicted octanol–water partition coefficient (Wildman–Crippen LogP) is 0.0990. The van der Waals surface area contributed by atoms with Gasteiger partial charge in [0, 0.05) is 0 Å². The first-order valence-electron chi connectivity index (χ1n) is 1.58. The Bertz CT molecular complexity index is 61.8. The van der Waals surface area contributed by atoms with Crippen molar-refractivity contribution >= 4 is 17.5 Å². The standard InChI is InChI=1S/C3H6ClNO/c1-2(4)3(5)6/h2H,1H3,(H2,5,6). The van der Waals surface area contributed by atoms with Crippen LogP contribution >= 0.6 is 11.6 Å². The molecule has 0 bridgehead atoms. The molecule has 36 valence electrons. The first-order valence-corrected chi connectivity index (χ1v) is 2.01. The molecular formula is C3H6ClNO. The van der Waals surface area contributed by atoms with Gasteiger partial charge in [-0.05, 0) is 6.92 Å². The Labute approximate surface area is 41.3 Å². The molecule has 3 heteroatoms. The second-order valence-corrected chi connectivity index (χ2v) is 1.67. The zero-order valence-electron chi connectivity index (χ0n) is 3.44. The lowest BCUT2D eigenvalue weighted by atomic mass is 10.5. The molecular weight excluding hydrogens is 101 g/mol. The van der Waals surface area contributed by atoms with Gasteiger partial charge < -0.3 is 5.73 Å². The van der Waals surface area contributed by atoms with Gasteiger partial charge >= 0.3 is 0 Å². The summed E-state index contributed by atoms with van der Waals surface area (Å²) >= 11 is 5.14. The van der Waals surface area contributed by atoms with Crippen molar-refractivity contribution < 1.29 is 4.79 Å². The summed E-state index contributed by atoms with van der Waals surface area (Å²) < 4.78 is 0. The third kappa shape index (κ3) is 2.03. The van der Waals surface area contributed by atoms with Crippen LogP contribution in [0.5, 0.6) is 0 Å². The lowest BCUT2D eigenvalue weighted by Crippen LogP contribution is -2.19. The zero-order valence-corrected chi connectivity index (χ0v) is 4.20. The largest absolute Gasteiger partial charge is 0.368 e. The van der Waals surface area contributed by atoms with Crippen LogP contribution in [0.3, 0.4) is 0 Å². The van der Waals surface area contributed by atoms with Gasteiger partial charge in [-0.2, -0.15) is 0 Å². The van der Waals surface area contributed by atoms with E-state index in [4.69, 9.17) is 11.6 Å². The lowest BCUT2D eigenvalue weighted by molar-refractivity contribution is -0.117. The normalized spacial score (nSPS) is 13.7. The number of carbonyl (C=O) groups excluding carboxylic acids is 1. The Balaban J connectivity index is 3.26. The van der Waals surface area contributed by atoms with Crippen molar-refractivity contribution in [2.75, 3.05) is 0 Å². The van der Waals surface area contributed by atoms with Crippen molar-refractivity contribution in [1.82, 2.24) is 0 Å². The van der Waals surface area contributed by atoms with Crippen LogP contribution in [0.25, 0.3) is 0 Å². The molecule has 0 spiro atoms. The highest BCUT2D eigenvalue weighted by Gasteiger charge is 1.99. The van der Waals surface area contributed by atoms with Crippen LogP contribution in [0, 0.1) is 0 Å². The lowest BCUT2D eigenvalue weighted by Gasteiger charge is -1.88. The van der Waals surface area contributed by atoms with Gasteiger partial charge in [-0.3, -0.25) is 4.79 Å². The van der Waals surface area contributed by atoms with Gasteiger partial charge in [0.05, 0.1) is 0 Å². The zero-order chi connectivity index (χ0) is 5.15. The molecule has 1 atom stereocenters. The molecule has 0 radical (unpaired) electrons. The van der Waals surface area contributed by atoms with Gasteiger partial charge in [-0.1, -0.05) is 0 Å². The van der Waals surface area contributed by atoms with E-state index in [1.807, 2.05) is 0 Å². The molecule has 0 heterocycles. The fraction of sp³-hybridized carbons (Fsp3) is 0.667. The molecule has 0 aliphatic heterocycles. The van der Waals surface area contributed by atoms with Crippen molar-refractivity contribution in [1.29, 1.82) is 0 Å². The van der Waals surface area contributed by atoms with Crippen molar-refractivity contribution in [3.05, 3.63) is 0 Å².